The molecule has 1 aliphatic carbocycles. The molecule has 1 saturated carbocycles. The van der Waals surface area contributed by atoms with Crippen LogP contribution in [0.5, 0.6) is 0 Å². The van der Waals surface area contributed by atoms with Gasteiger partial charge in [0, 0.05) is 18.2 Å². The van der Waals surface area contributed by atoms with E-state index in [0.717, 1.165) is 19.0 Å². The first kappa shape index (κ1) is 15.5. The molecule has 3 rings (SSSR count). The molecular formula is C13H9F3N4O2S. The van der Waals surface area contributed by atoms with Crippen LogP contribution >= 0.6 is 11.8 Å². The second-order valence-corrected chi connectivity index (χ2v) is 5.84. The zero-order chi connectivity index (χ0) is 16.6. The number of hydrogen-bond acceptors (Lipinski definition) is 6. The molecule has 6 nitrogen and oxygen atoms in total. The predicted octanol–water partition coefficient (Wildman–Crippen LogP) is 3.53. The Labute approximate surface area is 132 Å². The fourth-order valence-electron chi connectivity index (χ4n) is 1.79. The molecule has 1 aromatic carbocycles. The molecule has 0 radical (unpaired) electrons. The first-order valence-corrected chi connectivity index (χ1v) is 7.36. The third-order valence-corrected chi connectivity index (χ3v) is 3.99. The summed E-state index contributed by atoms with van der Waals surface area (Å²) in [5, 5.41) is 13.8. The van der Waals surface area contributed by atoms with Gasteiger partial charge in [-0.3, -0.25) is 10.1 Å². The van der Waals surface area contributed by atoms with Crippen molar-refractivity contribution in [1.29, 1.82) is 0 Å². The topological polar surface area (TPSA) is 81.0 Å². The SMILES string of the molecule is O=[N+]([O-])c1cnc(Sc2c(F)cc(F)cc2F)nc1NC1CC1. The smallest absolute Gasteiger partial charge is 0.329 e. The standard InChI is InChI=1S/C13H9F3N4O2S/c14-6-3-8(15)11(9(16)4-6)23-13-17-5-10(20(21)22)12(19-13)18-7-1-2-7/h3-5,7H,1-2H2,(H,17,18,19). The number of hydrogen-bond donors (Lipinski definition) is 1. The molecule has 0 spiro atoms. The van der Waals surface area contributed by atoms with Gasteiger partial charge in [0.05, 0.1) is 9.82 Å². The second kappa shape index (κ2) is 6.03. The Balaban J connectivity index is 1.92. The van der Waals surface area contributed by atoms with Crippen molar-refractivity contribution in [3.05, 3.63) is 45.9 Å². The van der Waals surface area contributed by atoms with Crippen LogP contribution in [-0.2, 0) is 0 Å². The first-order valence-electron chi connectivity index (χ1n) is 6.54. The molecule has 0 atom stereocenters. The Morgan fingerprint density at radius 1 is 1.26 bits per heavy atom. The lowest BCUT2D eigenvalue weighted by atomic mass is 10.3. The van der Waals surface area contributed by atoms with Gasteiger partial charge in [-0.05, 0) is 24.6 Å². The number of nitrogens with one attached hydrogen (secondary N) is 1. The average Bonchev–Trinajstić information content (AvgIpc) is 3.26. The zero-order valence-corrected chi connectivity index (χ0v) is 12.2. The number of rotatable bonds is 5. The van der Waals surface area contributed by atoms with E-state index in [1.807, 2.05) is 0 Å². The maximum absolute atomic E-state index is 13.6. The van der Waals surface area contributed by atoms with Crippen LogP contribution in [0, 0.1) is 27.6 Å². The van der Waals surface area contributed by atoms with Crippen LogP contribution in [0.15, 0.2) is 28.4 Å². The molecule has 0 amide bonds. The summed E-state index contributed by atoms with van der Waals surface area (Å²) in [6.45, 7) is 0. The van der Waals surface area contributed by atoms with E-state index in [1.165, 1.54) is 0 Å². The highest BCUT2D eigenvalue weighted by molar-refractivity contribution is 7.99. The molecule has 0 bridgehead atoms. The van der Waals surface area contributed by atoms with E-state index >= 15 is 0 Å². The van der Waals surface area contributed by atoms with Gasteiger partial charge in [0.25, 0.3) is 0 Å². The van der Waals surface area contributed by atoms with Crippen LogP contribution < -0.4 is 5.32 Å². The lowest BCUT2D eigenvalue weighted by Gasteiger charge is -2.07. The summed E-state index contributed by atoms with van der Waals surface area (Å²) < 4.78 is 40.2. The second-order valence-electron chi connectivity index (χ2n) is 4.86. The summed E-state index contributed by atoms with van der Waals surface area (Å²) in [6, 6.07) is 1.18. The van der Waals surface area contributed by atoms with Crippen molar-refractivity contribution in [3.8, 4) is 0 Å². The maximum Gasteiger partial charge on any atom is 0.329 e. The van der Waals surface area contributed by atoms with Crippen LogP contribution in [0.4, 0.5) is 24.7 Å². The van der Waals surface area contributed by atoms with Gasteiger partial charge in [0.1, 0.15) is 23.6 Å². The van der Waals surface area contributed by atoms with E-state index in [4.69, 9.17) is 0 Å². The molecule has 1 N–H and O–H groups in total. The fourth-order valence-corrected chi connectivity index (χ4v) is 2.52. The number of benzene rings is 1. The Morgan fingerprint density at radius 3 is 2.48 bits per heavy atom. The Kier molecular flexibility index (Phi) is 4.07. The largest absolute Gasteiger partial charge is 0.361 e. The monoisotopic (exact) mass is 342 g/mol. The number of nitro groups is 1. The van der Waals surface area contributed by atoms with E-state index in [-0.39, 0.29) is 22.7 Å². The molecule has 23 heavy (non-hydrogen) atoms. The van der Waals surface area contributed by atoms with Gasteiger partial charge in [-0.25, -0.2) is 18.2 Å². The summed E-state index contributed by atoms with van der Waals surface area (Å²) in [7, 11) is 0. The molecule has 0 saturated heterocycles. The highest BCUT2D eigenvalue weighted by atomic mass is 32.2. The lowest BCUT2D eigenvalue weighted by Crippen LogP contribution is -2.07. The minimum absolute atomic E-state index is 0.00192. The number of aromatic nitrogens is 2. The van der Waals surface area contributed by atoms with Gasteiger partial charge in [0.2, 0.25) is 5.82 Å². The number of anilines is 1. The van der Waals surface area contributed by atoms with Crippen molar-refractivity contribution >= 4 is 23.3 Å². The summed E-state index contributed by atoms with van der Waals surface area (Å²) in [5.74, 6) is -3.22. The minimum atomic E-state index is -1.09. The van der Waals surface area contributed by atoms with Crippen molar-refractivity contribution in [3.63, 3.8) is 0 Å². The zero-order valence-electron chi connectivity index (χ0n) is 11.4. The van der Waals surface area contributed by atoms with Crippen molar-refractivity contribution in [2.45, 2.75) is 28.9 Å². The summed E-state index contributed by atoms with van der Waals surface area (Å²) >= 11 is 0.530. The molecule has 1 aromatic heterocycles. The third kappa shape index (κ3) is 3.52. The highest BCUT2D eigenvalue weighted by Crippen LogP contribution is 2.34. The summed E-state index contributed by atoms with van der Waals surface area (Å²) in [6.07, 6.45) is 2.70. The molecule has 0 aliphatic heterocycles. The fraction of sp³-hybridized carbons (Fsp3) is 0.231. The van der Waals surface area contributed by atoms with Gasteiger partial charge in [-0.1, -0.05) is 0 Å². The van der Waals surface area contributed by atoms with Crippen LogP contribution in [0.2, 0.25) is 0 Å². The van der Waals surface area contributed by atoms with Crippen LogP contribution in [0.3, 0.4) is 0 Å². The van der Waals surface area contributed by atoms with Crippen LogP contribution in [0.25, 0.3) is 0 Å². The average molecular weight is 342 g/mol. The van der Waals surface area contributed by atoms with Gasteiger partial charge in [0.15, 0.2) is 5.16 Å². The van der Waals surface area contributed by atoms with E-state index in [9.17, 15) is 23.3 Å². The molecule has 10 heteroatoms. The van der Waals surface area contributed by atoms with Crippen molar-refractivity contribution in [1.82, 2.24) is 9.97 Å². The normalized spacial score (nSPS) is 13.9. The van der Waals surface area contributed by atoms with E-state index < -0.39 is 27.3 Å². The van der Waals surface area contributed by atoms with E-state index in [0.29, 0.717) is 23.9 Å². The molecule has 0 unspecified atom stereocenters. The molecule has 1 aliphatic rings. The Hall–Kier alpha value is -2.36. The number of halogens is 3. The van der Waals surface area contributed by atoms with Gasteiger partial charge in [-0.2, -0.15) is 4.98 Å². The molecule has 2 aromatic rings. The quantitative estimate of drug-likeness (QED) is 0.509. The number of nitrogens with zero attached hydrogens (tertiary/aromatic N) is 3. The molecule has 120 valence electrons. The molecule has 1 heterocycles. The third-order valence-electron chi connectivity index (χ3n) is 3.02. The van der Waals surface area contributed by atoms with Crippen molar-refractivity contribution in [2.75, 3.05) is 5.32 Å². The predicted molar refractivity (Wildman–Crippen MR) is 75.8 cm³/mol. The first-order chi connectivity index (χ1) is 10.9. The highest BCUT2D eigenvalue weighted by Gasteiger charge is 2.27. The molecular weight excluding hydrogens is 333 g/mol. The summed E-state index contributed by atoms with van der Waals surface area (Å²) in [5.41, 5.74) is -0.318. The van der Waals surface area contributed by atoms with Crippen molar-refractivity contribution < 1.29 is 18.1 Å². The van der Waals surface area contributed by atoms with Gasteiger partial charge >= 0.3 is 5.69 Å². The van der Waals surface area contributed by atoms with Gasteiger partial charge < -0.3 is 5.32 Å². The Bertz CT molecular complexity index is 763. The Morgan fingerprint density at radius 2 is 1.91 bits per heavy atom. The van der Waals surface area contributed by atoms with Crippen molar-refractivity contribution in [2.24, 2.45) is 0 Å². The maximum atomic E-state index is 13.6. The minimum Gasteiger partial charge on any atom is -0.361 e. The molecule has 1 fully saturated rings. The lowest BCUT2D eigenvalue weighted by molar-refractivity contribution is -0.384. The van der Waals surface area contributed by atoms with E-state index in [1.54, 1.807) is 0 Å². The van der Waals surface area contributed by atoms with E-state index in [2.05, 4.69) is 15.3 Å². The van der Waals surface area contributed by atoms with Crippen LogP contribution in [0.1, 0.15) is 12.8 Å². The summed E-state index contributed by atoms with van der Waals surface area (Å²) in [4.78, 5) is 17.5. The van der Waals surface area contributed by atoms with Crippen LogP contribution in [-0.4, -0.2) is 20.9 Å². The van der Waals surface area contributed by atoms with Gasteiger partial charge in [-0.15, -0.1) is 0 Å².